The zero-order valence-corrected chi connectivity index (χ0v) is 11.7. The van der Waals surface area contributed by atoms with Gasteiger partial charge in [-0.15, -0.1) is 0 Å². The molecule has 1 aromatic heterocycles. The fourth-order valence-corrected chi connectivity index (χ4v) is 2.18. The van der Waals surface area contributed by atoms with Crippen molar-refractivity contribution in [3.05, 3.63) is 27.9 Å². The van der Waals surface area contributed by atoms with E-state index in [1.54, 1.807) is 6.92 Å². The van der Waals surface area contributed by atoms with Crippen molar-refractivity contribution >= 4 is 11.5 Å². The van der Waals surface area contributed by atoms with Gasteiger partial charge >= 0.3 is 0 Å². The van der Waals surface area contributed by atoms with Gasteiger partial charge in [0.25, 0.3) is 5.69 Å². The highest BCUT2D eigenvalue weighted by Crippen LogP contribution is 2.25. The van der Waals surface area contributed by atoms with Crippen LogP contribution in [-0.2, 0) is 0 Å². The smallest absolute Gasteiger partial charge is 0.277 e. The minimum atomic E-state index is -0.398. The molecule has 0 saturated carbocycles. The lowest BCUT2D eigenvalue weighted by Crippen LogP contribution is -2.37. The van der Waals surface area contributed by atoms with E-state index in [9.17, 15) is 10.1 Å². The van der Waals surface area contributed by atoms with E-state index in [-0.39, 0.29) is 18.3 Å². The number of aliphatic hydroxyl groups excluding tert-OH is 1. The van der Waals surface area contributed by atoms with Crippen molar-refractivity contribution in [2.75, 3.05) is 18.1 Å². The molecule has 0 spiro atoms. The summed E-state index contributed by atoms with van der Waals surface area (Å²) in [5.41, 5.74) is 0.612. The number of nitro groups is 1. The maximum atomic E-state index is 11.0. The highest BCUT2D eigenvalue weighted by molar-refractivity contribution is 5.51. The number of hydrogen-bond donors (Lipinski definition) is 1. The second kappa shape index (κ2) is 7.04. The predicted molar refractivity (Wildman–Crippen MR) is 74.4 cm³/mol. The Morgan fingerprint density at radius 3 is 2.58 bits per heavy atom. The summed E-state index contributed by atoms with van der Waals surface area (Å²) >= 11 is 0. The summed E-state index contributed by atoms with van der Waals surface area (Å²) in [7, 11) is 0. The molecule has 1 aromatic rings. The van der Waals surface area contributed by atoms with Crippen molar-refractivity contribution in [1.82, 2.24) is 4.98 Å². The predicted octanol–water partition coefficient (Wildman–Crippen LogP) is 2.29. The highest BCUT2D eigenvalue weighted by atomic mass is 16.6. The van der Waals surface area contributed by atoms with Crippen LogP contribution < -0.4 is 4.90 Å². The Kier molecular flexibility index (Phi) is 5.69. The normalized spacial score (nSPS) is 10.8. The highest BCUT2D eigenvalue weighted by Gasteiger charge is 2.20. The third-order valence-corrected chi connectivity index (χ3v) is 3.28. The van der Waals surface area contributed by atoms with Crippen molar-refractivity contribution in [3.8, 4) is 0 Å². The number of rotatable bonds is 7. The first kappa shape index (κ1) is 15.4. The summed E-state index contributed by atoms with van der Waals surface area (Å²) in [6, 6.07) is 1.71. The number of pyridine rings is 1. The van der Waals surface area contributed by atoms with Gasteiger partial charge in [0.05, 0.1) is 17.6 Å². The Labute approximate surface area is 113 Å². The first-order valence-corrected chi connectivity index (χ1v) is 6.53. The van der Waals surface area contributed by atoms with E-state index in [2.05, 4.69) is 18.8 Å². The maximum Gasteiger partial charge on any atom is 0.277 e. The van der Waals surface area contributed by atoms with Gasteiger partial charge in [-0.05, 0) is 19.8 Å². The molecule has 0 atom stereocenters. The van der Waals surface area contributed by atoms with Crippen LogP contribution in [0.15, 0.2) is 12.3 Å². The van der Waals surface area contributed by atoms with E-state index in [0.717, 1.165) is 12.8 Å². The van der Waals surface area contributed by atoms with Crippen LogP contribution in [0.4, 0.5) is 11.5 Å². The number of hydrogen-bond acceptors (Lipinski definition) is 5. The summed E-state index contributed by atoms with van der Waals surface area (Å²) in [5, 5.41) is 20.1. The van der Waals surface area contributed by atoms with Gasteiger partial charge in [0, 0.05) is 24.3 Å². The zero-order valence-electron chi connectivity index (χ0n) is 11.7. The van der Waals surface area contributed by atoms with E-state index in [1.807, 2.05) is 4.90 Å². The molecule has 0 aliphatic heterocycles. The molecule has 0 aliphatic rings. The van der Waals surface area contributed by atoms with Crippen LogP contribution in [0.25, 0.3) is 0 Å². The molecule has 0 amide bonds. The van der Waals surface area contributed by atoms with Crippen LogP contribution in [-0.4, -0.2) is 34.2 Å². The summed E-state index contributed by atoms with van der Waals surface area (Å²) in [5.74, 6) is 0.556. The van der Waals surface area contributed by atoms with E-state index in [4.69, 9.17) is 5.11 Å². The molecule has 0 radical (unpaired) electrons. The molecule has 0 aliphatic carbocycles. The summed E-state index contributed by atoms with van der Waals surface area (Å²) in [6.45, 7) is 6.21. The van der Waals surface area contributed by atoms with Crippen molar-refractivity contribution in [3.63, 3.8) is 0 Å². The summed E-state index contributed by atoms with van der Waals surface area (Å²) < 4.78 is 0. The Balaban J connectivity index is 3.15. The van der Waals surface area contributed by atoms with E-state index >= 15 is 0 Å². The minimum absolute atomic E-state index is 0.000145. The Morgan fingerprint density at radius 2 is 2.11 bits per heavy atom. The van der Waals surface area contributed by atoms with Crippen LogP contribution >= 0.6 is 0 Å². The average Bonchev–Trinajstić information content (AvgIpc) is 2.39. The van der Waals surface area contributed by atoms with Gasteiger partial charge in [-0.2, -0.15) is 0 Å². The van der Waals surface area contributed by atoms with Crippen LogP contribution in [0.3, 0.4) is 0 Å². The van der Waals surface area contributed by atoms with E-state index in [1.165, 1.54) is 12.3 Å². The minimum Gasteiger partial charge on any atom is -0.395 e. The zero-order chi connectivity index (χ0) is 14.4. The molecule has 6 heteroatoms. The van der Waals surface area contributed by atoms with Crippen molar-refractivity contribution < 1.29 is 10.0 Å². The standard InChI is InChI=1S/C13H21N3O3/c1-4-11(5-2)15(6-7-17)13-8-12(16(18)19)10(3)9-14-13/h8-9,11,17H,4-7H2,1-3H3. The van der Waals surface area contributed by atoms with Gasteiger partial charge in [-0.1, -0.05) is 13.8 Å². The van der Waals surface area contributed by atoms with Crippen molar-refractivity contribution in [2.45, 2.75) is 39.7 Å². The molecule has 0 fully saturated rings. The van der Waals surface area contributed by atoms with Crippen LogP contribution in [0.5, 0.6) is 0 Å². The molecule has 1 N–H and O–H groups in total. The SMILES string of the molecule is CCC(CC)N(CCO)c1cc([N+](=O)[O-])c(C)cn1. The maximum absolute atomic E-state index is 11.0. The summed E-state index contributed by atoms with van der Waals surface area (Å²) in [4.78, 5) is 16.8. The van der Waals surface area contributed by atoms with E-state index < -0.39 is 4.92 Å². The molecule has 0 bridgehead atoms. The van der Waals surface area contributed by atoms with Crippen LogP contribution in [0, 0.1) is 17.0 Å². The fraction of sp³-hybridized carbons (Fsp3) is 0.615. The molecule has 106 valence electrons. The van der Waals surface area contributed by atoms with Gasteiger partial charge in [-0.25, -0.2) is 4.98 Å². The third kappa shape index (κ3) is 3.64. The van der Waals surface area contributed by atoms with Gasteiger partial charge < -0.3 is 10.0 Å². The molecule has 1 rings (SSSR count). The topological polar surface area (TPSA) is 79.5 Å². The number of aliphatic hydroxyl groups is 1. The Bertz CT molecular complexity index is 433. The lowest BCUT2D eigenvalue weighted by atomic mass is 10.1. The fourth-order valence-electron chi connectivity index (χ4n) is 2.18. The molecule has 0 saturated heterocycles. The largest absolute Gasteiger partial charge is 0.395 e. The summed E-state index contributed by atoms with van der Waals surface area (Å²) in [6.07, 6.45) is 3.32. The molecule has 1 heterocycles. The van der Waals surface area contributed by atoms with Crippen molar-refractivity contribution in [1.29, 1.82) is 0 Å². The number of nitrogens with zero attached hydrogens (tertiary/aromatic N) is 3. The lowest BCUT2D eigenvalue weighted by Gasteiger charge is -2.31. The lowest BCUT2D eigenvalue weighted by molar-refractivity contribution is -0.385. The molecule has 19 heavy (non-hydrogen) atoms. The second-order valence-corrected chi connectivity index (χ2v) is 4.47. The molecule has 0 unspecified atom stereocenters. The van der Waals surface area contributed by atoms with E-state index in [0.29, 0.717) is 17.9 Å². The first-order valence-electron chi connectivity index (χ1n) is 6.53. The van der Waals surface area contributed by atoms with Gasteiger partial charge in [-0.3, -0.25) is 10.1 Å². The molecule has 6 nitrogen and oxygen atoms in total. The monoisotopic (exact) mass is 267 g/mol. The average molecular weight is 267 g/mol. The molecular weight excluding hydrogens is 246 g/mol. The van der Waals surface area contributed by atoms with Crippen molar-refractivity contribution in [2.24, 2.45) is 0 Å². The van der Waals surface area contributed by atoms with Crippen LogP contribution in [0.1, 0.15) is 32.3 Å². The van der Waals surface area contributed by atoms with Crippen LogP contribution in [0.2, 0.25) is 0 Å². The molecular formula is C13H21N3O3. The third-order valence-electron chi connectivity index (χ3n) is 3.28. The Hall–Kier alpha value is -1.69. The van der Waals surface area contributed by atoms with Gasteiger partial charge in [0.1, 0.15) is 5.82 Å². The van der Waals surface area contributed by atoms with Gasteiger partial charge in [0.2, 0.25) is 0 Å². The first-order chi connectivity index (χ1) is 9.04. The second-order valence-electron chi connectivity index (χ2n) is 4.47. The number of aryl methyl sites for hydroxylation is 1. The number of anilines is 1. The quantitative estimate of drug-likeness (QED) is 0.605. The van der Waals surface area contributed by atoms with Gasteiger partial charge in [0.15, 0.2) is 0 Å². The number of aromatic nitrogens is 1. The Morgan fingerprint density at radius 1 is 1.47 bits per heavy atom. The molecule has 0 aromatic carbocycles.